The van der Waals surface area contributed by atoms with Gasteiger partial charge >= 0.3 is 6.36 Å². The molecule has 2 aromatic carbocycles. The van der Waals surface area contributed by atoms with E-state index < -0.39 is 17.9 Å². The van der Waals surface area contributed by atoms with Crippen molar-refractivity contribution in [2.24, 2.45) is 10.7 Å². The number of para-hydroxylation sites is 2. The topological polar surface area (TPSA) is 68.9 Å². The highest BCUT2D eigenvalue weighted by Gasteiger charge is 2.32. The lowest BCUT2D eigenvalue weighted by Crippen LogP contribution is -2.24. The molecule has 2 aromatic rings. The highest BCUT2D eigenvalue weighted by atomic mass is 127. The van der Waals surface area contributed by atoms with E-state index >= 15 is 0 Å². The van der Waals surface area contributed by atoms with Gasteiger partial charge in [-0.3, -0.25) is 4.99 Å². The molecule has 0 aliphatic heterocycles. The number of halogens is 5. The summed E-state index contributed by atoms with van der Waals surface area (Å²) >= 11 is 0. The Hall–Kier alpha value is -2.24. The van der Waals surface area contributed by atoms with Crippen LogP contribution in [0.25, 0.3) is 0 Å². The molecule has 0 bridgehead atoms. The van der Waals surface area contributed by atoms with E-state index in [1.807, 2.05) is 0 Å². The van der Waals surface area contributed by atoms with E-state index in [-0.39, 0.29) is 47.9 Å². The van der Waals surface area contributed by atoms with Crippen LogP contribution in [-0.4, -0.2) is 26.0 Å². The molecule has 10 heteroatoms. The number of nitrogens with one attached hydrogen (secondary N) is 1. The molecule has 27 heavy (non-hydrogen) atoms. The second-order valence-electron chi connectivity index (χ2n) is 5.15. The van der Waals surface area contributed by atoms with E-state index in [2.05, 4.69) is 15.0 Å². The van der Waals surface area contributed by atoms with Gasteiger partial charge in [0.05, 0.1) is 12.8 Å². The monoisotopic (exact) mass is 499 g/mol. The van der Waals surface area contributed by atoms with Crippen LogP contribution in [0.4, 0.5) is 23.2 Å². The molecule has 0 unspecified atom stereocenters. The van der Waals surface area contributed by atoms with Crippen molar-refractivity contribution in [3.63, 3.8) is 0 Å². The zero-order valence-corrected chi connectivity index (χ0v) is 16.5. The molecule has 0 saturated carbocycles. The molecule has 3 N–H and O–H groups in total. The summed E-state index contributed by atoms with van der Waals surface area (Å²) in [6, 6.07) is 9.89. The quantitative estimate of drug-likeness (QED) is 0.269. The van der Waals surface area contributed by atoms with Gasteiger partial charge in [0.15, 0.2) is 23.3 Å². The number of hydrogen-bond acceptors (Lipinski definition) is 3. The summed E-state index contributed by atoms with van der Waals surface area (Å²) in [5, 5.41) is 2.57. The van der Waals surface area contributed by atoms with Crippen molar-refractivity contribution in [1.29, 1.82) is 0 Å². The van der Waals surface area contributed by atoms with Gasteiger partial charge < -0.3 is 20.5 Å². The van der Waals surface area contributed by atoms with Crippen molar-refractivity contribution < 1.29 is 27.0 Å². The van der Waals surface area contributed by atoms with Crippen molar-refractivity contribution in [1.82, 2.24) is 0 Å². The van der Waals surface area contributed by atoms with Crippen LogP contribution in [0, 0.1) is 5.82 Å². The van der Waals surface area contributed by atoms with Crippen LogP contribution in [0.1, 0.15) is 5.56 Å². The van der Waals surface area contributed by atoms with Crippen LogP contribution in [0.15, 0.2) is 47.5 Å². The summed E-state index contributed by atoms with van der Waals surface area (Å²) in [5.41, 5.74) is 6.52. The first-order valence-electron chi connectivity index (χ1n) is 7.52. The molecule has 0 spiro atoms. The molecule has 0 aliphatic carbocycles. The Morgan fingerprint density at radius 1 is 1.15 bits per heavy atom. The Kier molecular flexibility index (Phi) is 8.60. The fourth-order valence-corrected chi connectivity index (χ4v) is 2.13. The second-order valence-corrected chi connectivity index (χ2v) is 5.15. The largest absolute Gasteiger partial charge is 0.573 e. The van der Waals surface area contributed by atoms with Crippen LogP contribution in [0.5, 0.6) is 11.5 Å². The molecule has 0 heterocycles. The van der Waals surface area contributed by atoms with E-state index in [0.29, 0.717) is 6.42 Å². The maximum Gasteiger partial charge on any atom is 0.573 e. The number of nitrogens with two attached hydrogens (primary N) is 1. The molecule has 0 aliphatic rings. The fourth-order valence-electron chi connectivity index (χ4n) is 2.13. The predicted octanol–water partition coefficient (Wildman–Crippen LogP) is 4.32. The van der Waals surface area contributed by atoms with Gasteiger partial charge in [-0.1, -0.05) is 18.2 Å². The Morgan fingerprint density at radius 3 is 2.52 bits per heavy atom. The Balaban J connectivity index is 0.00000364. The minimum absolute atomic E-state index is 0. The number of ether oxygens (including phenoxy) is 2. The zero-order valence-electron chi connectivity index (χ0n) is 14.2. The normalized spacial score (nSPS) is 11.5. The first-order valence-corrected chi connectivity index (χ1v) is 7.52. The van der Waals surface area contributed by atoms with E-state index in [4.69, 9.17) is 10.5 Å². The van der Waals surface area contributed by atoms with Gasteiger partial charge in [-0.15, -0.1) is 37.1 Å². The van der Waals surface area contributed by atoms with Gasteiger partial charge in [-0.2, -0.15) is 0 Å². The molecule has 0 aromatic heterocycles. The van der Waals surface area contributed by atoms with Crippen LogP contribution >= 0.6 is 24.0 Å². The summed E-state index contributed by atoms with van der Waals surface area (Å²) in [7, 11) is 1.36. The molecular weight excluding hydrogens is 481 g/mol. The zero-order chi connectivity index (χ0) is 19.2. The summed E-state index contributed by atoms with van der Waals surface area (Å²) in [6.07, 6.45) is -4.37. The molecule has 148 valence electrons. The highest BCUT2D eigenvalue weighted by molar-refractivity contribution is 14.0. The Labute approximate surface area is 170 Å². The van der Waals surface area contributed by atoms with Crippen LogP contribution in [0.3, 0.4) is 0 Å². The maximum absolute atomic E-state index is 13.3. The highest BCUT2D eigenvalue weighted by Crippen LogP contribution is 2.29. The summed E-state index contributed by atoms with van der Waals surface area (Å²) in [4.78, 5) is 4.04. The lowest BCUT2D eigenvalue weighted by Gasteiger charge is -2.14. The summed E-state index contributed by atoms with van der Waals surface area (Å²) < 4.78 is 59.3. The van der Waals surface area contributed by atoms with E-state index in [1.54, 1.807) is 12.1 Å². The van der Waals surface area contributed by atoms with E-state index in [1.165, 1.54) is 31.4 Å². The Morgan fingerprint density at radius 2 is 1.85 bits per heavy atom. The van der Waals surface area contributed by atoms with E-state index in [9.17, 15) is 17.6 Å². The molecule has 0 radical (unpaired) electrons. The van der Waals surface area contributed by atoms with Crippen molar-refractivity contribution in [3.05, 3.63) is 53.8 Å². The number of guanidine groups is 1. The third kappa shape index (κ3) is 7.49. The van der Waals surface area contributed by atoms with Gasteiger partial charge in [0.2, 0.25) is 0 Å². The molecule has 0 amide bonds. The number of nitrogens with zero attached hydrogens (tertiary/aromatic N) is 1. The first kappa shape index (κ1) is 22.8. The molecule has 5 nitrogen and oxygen atoms in total. The number of benzene rings is 2. The number of methoxy groups -OCH3 is 1. The average Bonchev–Trinajstić information content (AvgIpc) is 2.57. The average molecular weight is 499 g/mol. The number of alkyl halides is 3. The van der Waals surface area contributed by atoms with Crippen molar-refractivity contribution in [2.75, 3.05) is 19.0 Å². The molecule has 0 saturated heterocycles. The van der Waals surface area contributed by atoms with Gasteiger partial charge in [0.25, 0.3) is 0 Å². The minimum atomic E-state index is -4.81. The van der Waals surface area contributed by atoms with Gasteiger partial charge in [0.1, 0.15) is 0 Å². The van der Waals surface area contributed by atoms with Crippen LogP contribution in [-0.2, 0) is 6.42 Å². The van der Waals surface area contributed by atoms with Crippen molar-refractivity contribution >= 4 is 35.6 Å². The van der Waals surface area contributed by atoms with Crippen molar-refractivity contribution in [3.8, 4) is 11.5 Å². The first-order chi connectivity index (χ1) is 12.3. The second kappa shape index (κ2) is 10.2. The number of aliphatic imine (C=N–C) groups is 1. The lowest BCUT2D eigenvalue weighted by atomic mass is 10.1. The van der Waals surface area contributed by atoms with Gasteiger partial charge in [-0.25, -0.2) is 4.39 Å². The number of anilines is 1. The summed E-state index contributed by atoms with van der Waals surface area (Å²) in [6.45, 7) is 0.246. The van der Waals surface area contributed by atoms with Gasteiger partial charge in [0, 0.05) is 6.54 Å². The number of rotatable bonds is 6. The SMILES string of the molecule is COc1cc(CCN=C(N)Nc2ccccc2OC(F)(F)F)ccc1F.I. The standard InChI is InChI=1S/C17H17F4N3O2.HI/c1-25-15-10-11(6-7-12(15)18)8-9-23-16(22)24-13-4-2-3-5-14(13)26-17(19,20)21;/h2-7,10H,8-9H2,1H3,(H3,22,23,24);1H. The minimum Gasteiger partial charge on any atom is -0.494 e. The maximum atomic E-state index is 13.3. The van der Waals surface area contributed by atoms with Crippen LogP contribution in [0.2, 0.25) is 0 Å². The van der Waals surface area contributed by atoms with Gasteiger partial charge in [-0.05, 0) is 36.2 Å². The van der Waals surface area contributed by atoms with Crippen molar-refractivity contribution in [2.45, 2.75) is 12.8 Å². The van der Waals surface area contributed by atoms with E-state index in [0.717, 1.165) is 11.6 Å². The fraction of sp³-hybridized carbons (Fsp3) is 0.235. The van der Waals surface area contributed by atoms with Crippen LogP contribution < -0.4 is 20.5 Å². The Bertz CT molecular complexity index is 785. The lowest BCUT2D eigenvalue weighted by molar-refractivity contribution is -0.274. The molecular formula is C17H18F4IN3O2. The smallest absolute Gasteiger partial charge is 0.494 e. The summed E-state index contributed by atoms with van der Waals surface area (Å²) in [5.74, 6) is -0.836. The third-order valence-electron chi connectivity index (χ3n) is 3.27. The molecule has 2 rings (SSSR count). The molecule has 0 fully saturated rings. The predicted molar refractivity (Wildman–Crippen MR) is 105 cm³/mol. The number of hydrogen-bond donors (Lipinski definition) is 2. The molecule has 0 atom stereocenters. The third-order valence-corrected chi connectivity index (χ3v) is 3.27.